The van der Waals surface area contributed by atoms with Crippen LogP contribution >= 0.6 is 0 Å². The number of anilines is 2. The summed E-state index contributed by atoms with van der Waals surface area (Å²) in [5.74, 6) is -0.406. The molecule has 0 atom stereocenters. The van der Waals surface area contributed by atoms with E-state index in [1.165, 1.54) is 35.5 Å². The number of fused-ring (bicyclic) bond motifs is 1. The zero-order valence-corrected chi connectivity index (χ0v) is 13.4. The van der Waals surface area contributed by atoms with Gasteiger partial charge in [0.25, 0.3) is 5.91 Å². The van der Waals surface area contributed by atoms with Crippen LogP contribution in [0.15, 0.2) is 42.5 Å². The second-order valence-corrected chi connectivity index (χ2v) is 6.13. The van der Waals surface area contributed by atoms with Crippen molar-refractivity contribution < 1.29 is 13.9 Å². The number of halogens is 1. The van der Waals surface area contributed by atoms with Crippen molar-refractivity contribution in [2.24, 2.45) is 0 Å². The van der Waals surface area contributed by atoms with Gasteiger partial charge in [0.1, 0.15) is 5.82 Å². The van der Waals surface area contributed by atoms with Crippen molar-refractivity contribution in [3.05, 3.63) is 59.4 Å². The number of nitrogens with zero attached hydrogens (tertiary/aromatic N) is 2. The second-order valence-electron chi connectivity index (χ2n) is 6.13. The number of hydrogen-bond acceptors (Lipinski definition) is 3. The van der Waals surface area contributed by atoms with Gasteiger partial charge in [0.2, 0.25) is 0 Å². The smallest absolute Gasteiger partial charge is 0.258 e. The maximum absolute atomic E-state index is 13.0. The summed E-state index contributed by atoms with van der Waals surface area (Å²) in [4.78, 5) is 16.8. The number of carbonyl (C=O) groups is 1. The fraction of sp³-hybridized carbons (Fsp3) is 0.316. The summed E-state index contributed by atoms with van der Waals surface area (Å²) in [5, 5.41) is 0. The molecular formula is C19H19FN2O2. The van der Waals surface area contributed by atoms with Crippen molar-refractivity contribution in [1.29, 1.82) is 0 Å². The zero-order valence-electron chi connectivity index (χ0n) is 13.4. The highest BCUT2D eigenvalue weighted by molar-refractivity contribution is 6.07. The molecule has 2 aliphatic rings. The summed E-state index contributed by atoms with van der Waals surface area (Å²) < 4.78 is 18.4. The standard InChI is InChI=1S/C19H19FN2O2/c20-16-3-1-14(2-4-16)19(23)22-8-7-15-13-17(5-6-18(15)22)21-9-11-24-12-10-21/h1-6,13H,7-12H2. The molecule has 0 spiro atoms. The van der Waals surface area contributed by atoms with Gasteiger partial charge in [-0.05, 0) is 54.4 Å². The molecule has 4 rings (SSSR count). The Bertz CT molecular complexity index is 754. The van der Waals surface area contributed by atoms with Crippen LogP contribution in [-0.4, -0.2) is 38.8 Å². The molecule has 2 heterocycles. The first-order valence-corrected chi connectivity index (χ1v) is 8.25. The third-order valence-corrected chi connectivity index (χ3v) is 4.67. The van der Waals surface area contributed by atoms with Gasteiger partial charge in [-0.15, -0.1) is 0 Å². The third kappa shape index (κ3) is 2.76. The lowest BCUT2D eigenvalue weighted by molar-refractivity contribution is 0.0989. The van der Waals surface area contributed by atoms with Gasteiger partial charge in [0, 0.05) is 36.6 Å². The van der Waals surface area contributed by atoms with Crippen molar-refractivity contribution in [2.75, 3.05) is 42.6 Å². The van der Waals surface area contributed by atoms with E-state index in [1.54, 1.807) is 4.90 Å². The van der Waals surface area contributed by atoms with Crippen molar-refractivity contribution in [3.63, 3.8) is 0 Å². The molecule has 0 aromatic heterocycles. The number of carbonyl (C=O) groups excluding carboxylic acids is 1. The first kappa shape index (κ1) is 15.1. The Morgan fingerprint density at radius 1 is 1.00 bits per heavy atom. The molecular weight excluding hydrogens is 307 g/mol. The van der Waals surface area contributed by atoms with Crippen molar-refractivity contribution in [2.45, 2.75) is 6.42 Å². The van der Waals surface area contributed by atoms with Gasteiger partial charge in [-0.2, -0.15) is 0 Å². The van der Waals surface area contributed by atoms with Crippen molar-refractivity contribution in [3.8, 4) is 0 Å². The van der Waals surface area contributed by atoms with Crippen LogP contribution in [0.1, 0.15) is 15.9 Å². The molecule has 0 radical (unpaired) electrons. The van der Waals surface area contributed by atoms with Crippen LogP contribution in [0.3, 0.4) is 0 Å². The second kappa shape index (κ2) is 6.24. The summed E-state index contributed by atoms with van der Waals surface area (Å²) in [5.41, 5.74) is 3.85. The van der Waals surface area contributed by atoms with Gasteiger partial charge in [-0.3, -0.25) is 4.79 Å². The van der Waals surface area contributed by atoms with Crippen LogP contribution in [-0.2, 0) is 11.2 Å². The zero-order chi connectivity index (χ0) is 16.5. The molecule has 2 aromatic carbocycles. The largest absolute Gasteiger partial charge is 0.378 e. The molecule has 0 aliphatic carbocycles. The van der Waals surface area contributed by atoms with Gasteiger partial charge >= 0.3 is 0 Å². The quantitative estimate of drug-likeness (QED) is 0.851. The molecule has 1 fully saturated rings. The Morgan fingerprint density at radius 2 is 1.75 bits per heavy atom. The summed E-state index contributed by atoms with van der Waals surface area (Å²) >= 11 is 0. The van der Waals surface area contributed by atoms with Gasteiger partial charge in [-0.25, -0.2) is 4.39 Å². The first-order chi connectivity index (χ1) is 11.7. The molecule has 1 amide bonds. The molecule has 4 nitrogen and oxygen atoms in total. The Kier molecular flexibility index (Phi) is 3.94. The van der Waals surface area contributed by atoms with Gasteiger partial charge in [0.15, 0.2) is 0 Å². The lowest BCUT2D eigenvalue weighted by Gasteiger charge is -2.29. The molecule has 0 saturated carbocycles. The van der Waals surface area contributed by atoms with Crippen LogP contribution in [0.4, 0.5) is 15.8 Å². The van der Waals surface area contributed by atoms with Crippen LogP contribution in [0.5, 0.6) is 0 Å². The highest BCUT2D eigenvalue weighted by Crippen LogP contribution is 2.33. The molecule has 0 bridgehead atoms. The van der Waals surface area contributed by atoms with Crippen LogP contribution in [0, 0.1) is 5.82 Å². The van der Waals surface area contributed by atoms with Gasteiger partial charge in [-0.1, -0.05) is 0 Å². The van der Waals surface area contributed by atoms with Crippen molar-refractivity contribution in [1.82, 2.24) is 0 Å². The Labute approximate surface area is 140 Å². The lowest BCUT2D eigenvalue weighted by Crippen LogP contribution is -2.36. The van der Waals surface area contributed by atoms with E-state index in [0.29, 0.717) is 12.1 Å². The molecule has 1 saturated heterocycles. The minimum Gasteiger partial charge on any atom is -0.378 e. The minimum atomic E-state index is -0.330. The normalized spacial score (nSPS) is 17.0. The number of benzene rings is 2. The molecule has 0 unspecified atom stereocenters. The fourth-order valence-corrected chi connectivity index (χ4v) is 3.37. The van der Waals surface area contributed by atoms with E-state index in [-0.39, 0.29) is 11.7 Å². The van der Waals surface area contributed by atoms with Gasteiger partial charge in [0.05, 0.1) is 13.2 Å². The number of rotatable bonds is 2. The van der Waals surface area contributed by atoms with Crippen LogP contribution in [0.2, 0.25) is 0 Å². The van der Waals surface area contributed by atoms with E-state index >= 15 is 0 Å². The van der Waals surface area contributed by atoms with Crippen LogP contribution in [0.25, 0.3) is 0 Å². The first-order valence-electron chi connectivity index (χ1n) is 8.25. The monoisotopic (exact) mass is 326 g/mol. The molecule has 0 N–H and O–H groups in total. The maximum Gasteiger partial charge on any atom is 0.258 e. The van der Waals surface area contributed by atoms with Crippen molar-refractivity contribution >= 4 is 17.3 Å². The predicted octanol–water partition coefficient (Wildman–Crippen LogP) is 2.87. The lowest BCUT2D eigenvalue weighted by atomic mass is 10.1. The van der Waals surface area contributed by atoms with E-state index in [9.17, 15) is 9.18 Å². The topological polar surface area (TPSA) is 32.8 Å². The van der Waals surface area contributed by atoms with Crippen LogP contribution < -0.4 is 9.80 Å². The molecule has 24 heavy (non-hydrogen) atoms. The number of morpholine rings is 1. The van der Waals surface area contributed by atoms with Gasteiger partial charge < -0.3 is 14.5 Å². The summed E-state index contributed by atoms with van der Waals surface area (Å²) in [6, 6.07) is 12.0. The molecule has 5 heteroatoms. The molecule has 2 aromatic rings. The maximum atomic E-state index is 13.0. The third-order valence-electron chi connectivity index (χ3n) is 4.67. The summed E-state index contributed by atoms with van der Waals surface area (Å²) in [6.07, 6.45) is 0.848. The SMILES string of the molecule is O=C(c1ccc(F)cc1)N1CCc2cc(N3CCOCC3)ccc21. The predicted molar refractivity (Wildman–Crippen MR) is 91.3 cm³/mol. The minimum absolute atomic E-state index is 0.0760. The Morgan fingerprint density at radius 3 is 2.50 bits per heavy atom. The van der Waals surface area contributed by atoms with E-state index in [0.717, 1.165) is 38.4 Å². The summed E-state index contributed by atoms with van der Waals surface area (Å²) in [6.45, 7) is 3.98. The average Bonchev–Trinajstić information content (AvgIpc) is 3.05. The highest BCUT2D eigenvalue weighted by Gasteiger charge is 2.26. The molecule has 124 valence electrons. The van der Waals surface area contributed by atoms with E-state index in [2.05, 4.69) is 17.0 Å². The Hall–Kier alpha value is -2.40. The number of ether oxygens (including phenoxy) is 1. The van der Waals surface area contributed by atoms with E-state index in [4.69, 9.17) is 4.74 Å². The molecule has 2 aliphatic heterocycles. The van der Waals surface area contributed by atoms with E-state index in [1.807, 2.05) is 6.07 Å². The number of hydrogen-bond donors (Lipinski definition) is 0. The average molecular weight is 326 g/mol. The van der Waals surface area contributed by atoms with E-state index < -0.39 is 0 Å². The Balaban J connectivity index is 1.57. The fourth-order valence-electron chi connectivity index (χ4n) is 3.37. The highest BCUT2D eigenvalue weighted by atomic mass is 19.1. The number of amides is 1. The summed E-state index contributed by atoms with van der Waals surface area (Å²) in [7, 11) is 0.